The van der Waals surface area contributed by atoms with Gasteiger partial charge in [0.25, 0.3) is 5.91 Å². The topological polar surface area (TPSA) is 63.7 Å². The van der Waals surface area contributed by atoms with Crippen LogP contribution in [0, 0.1) is 0 Å². The number of ether oxygens (including phenoxy) is 2. The van der Waals surface area contributed by atoms with E-state index in [2.05, 4.69) is 22.1 Å². The number of aromatic nitrogens is 1. The van der Waals surface area contributed by atoms with Crippen LogP contribution in [-0.2, 0) is 9.47 Å². The third-order valence-electron chi connectivity index (χ3n) is 4.53. The summed E-state index contributed by atoms with van der Waals surface area (Å²) < 4.78 is 11.2. The molecule has 1 atom stereocenters. The first-order valence-corrected chi connectivity index (χ1v) is 8.37. The van der Waals surface area contributed by atoms with E-state index in [0.717, 1.165) is 57.9 Å². The van der Waals surface area contributed by atoms with E-state index in [1.54, 1.807) is 6.20 Å². The molecule has 1 unspecified atom stereocenters. The molecule has 0 aromatic carbocycles. The van der Waals surface area contributed by atoms with Gasteiger partial charge in [0.1, 0.15) is 5.69 Å². The molecule has 3 rings (SSSR count). The van der Waals surface area contributed by atoms with E-state index < -0.39 is 0 Å². The van der Waals surface area contributed by atoms with Crippen LogP contribution in [-0.4, -0.2) is 55.9 Å². The molecule has 2 aliphatic rings. The maximum absolute atomic E-state index is 12.4. The van der Waals surface area contributed by atoms with Crippen molar-refractivity contribution in [2.75, 3.05) is 44.4 Å². The number of carbonyl (C=O) groups excluding carboxylic acids is 1. The van der Waals surface area contributed by atoms with Gasteiger partial charge in [-0.25, -0.2) is 0 Å². The van der Waals surface area contributed by atoms with Crippen LogP contribution in [0.25, 0.3) is 0 Å². The second-order valence-corrected chi connectivity index (χ2v) is 6.44. The number of hydrogen-bond acceptors (Lipinski definition) is 5. The monoisotopic (exact) mass is 319 g/mol. The lowest BCUT2D eigenvalue weighted by Crippen LogP contribution is -2.44. The maximum atomic E-state index is 12.4. The van der Waals surface area contributed by atoms with Crippen molar-refractivity contribution in [3.05, 3.63) is 24.0 Å². The summed E-state index contributed by atoms with van der Waals surface area (Å²) in [4.78, 5) is 18.8. The van der Waals surface area contributed by atoms with Gasteiger partial charge >= 0.3 is 0 Å². The highest BCUT2D eigenvalue weighted by Gasteiger charge is 2.28. The zero-order chi connectivity index (χ0) is 16.1. The molecule has 2 saturated heterocycles. The van der Waals surface area contributed by atoms with Gasteiger partial charge in [0.15, 0.2) is 0 Å². The van der Waals surface area contributed by atoms with Gasteiger partial charge in [-0.1, -0.05) is 0 Å². The quantitative estimate of drug-likeness (QED) is 0.913. The predicted molar refractivity (Wildman–Crippen MR) is 87.8 cm³/mol. The number of hydrogen-bond donors (Lipinski definition) is 1. The van der Waals surface area contributed by atoms with Crippen LogP contribution in [0.2, 0.25) is 0 Å². The average Bonchev–Trinajstić information content (AvgIpc) is 2.61. The molecule has 2 fully saturated rings. The summed E-state index contributed by atoms with van der Waals surface area (Å²) in [6, 6.07) is 3.79. The summed E-state index contributed by atoms with van der Waals surface area (Å²) >= 11 is 0. The Morgan fingerprint density at radius 2 is 2.17 bits per heavy atom. The minimum Gasteiger partial charge on any atom is -0.378 e. The van der Waals surface area contributed by atoms with Gasteiger partial charge in [-0.05, 0) is 38.3 Å². The lowest BCUT2D eigenvalue weighted by Gasteiger charge is -2.34. The summed E-state index contributed by atoms with van der Waals surface area (Å²) in [5.74, 6) is -0.143. The van der Waals surface area contributed by atoms with E-state index in [0.29, 0.717) is 12.2 Å². The molecule has 23 heavy (non-hydrogen) atoms. The Labute approximate surface area is 137 Å². The third kappa shape index (κ3) is 4.20. The summed E-state index contributed by atoms with van der Waals surface area (Å²) in [6.45, 7) is 6.49. The van der Waals surface area contributed by atoms with Crippen LogP contribution in [0.15, 0.2) is 18.3 Å². The molecule has 0 aliphatic carbocycles. The molecule has 0 bridgehead atoms. The van der Waals surface area contributed by atoms with Crippen molar-refractivity contribution in [2.24, 2.45) is 0 Å². The number of nitrogens with zero attached hydrogens (tertiary/aromatic N) is 2. The lowest BCUT2D eigenvalue weighted by molar-refractivity contribution is -0.0619. The highest BCUT2D eigenvalue weighted by Crippen LogP contribution is 2.23. The van der Waals surface area contributed by atoms with E-state index in [-0.39, 0.29) is 11.5 Å². The van der Waals surface area contributed by atoms with Crippen LogP contribution in [0.3, 0.4) is 0 Å². The fourth-order valence-corrected chi connectivity index (χ4v) is 3.05. The van der Waals surface area contributed by atoms with E-state index >= 15 is 0 Å². The van der Waals surface area contributed by atoms with E-state index in [1.165, 1.54) is 0 Å². The third-order valence-corrected chi connectivity index (χ3v) is 4.53. The zero-order valence-corrected chi connectivity index (χ0v) is 13.7. The van der Waals surface area contributed by atoms with Crippen molar-refractivity contribution in [3.8, 4) is 0 Å². The van der Waals surface area contributed by atoms with Gasteiger partial charge in [0, 0.05) is 38.1 Å². The number of carbonyl (C=O) groups is 1. The number of morpholine rings is 1. The summed E-state index contributed by atoms with van der Waals surface area (Å²) in [5.41, 5.74) is 1.22. The number of nitrogens with one attached hydrogen (secondary N) is 1. The van der Waals surface area contributed by atoms with Crippen LogP contribution in [0.4, 0.5) is 5.69 Å². The molecule has 1 N–H and O–H groups in total. The second kappa shape index (κ2) is 7.27. The van der Waals surface area contributed by atoms with Crippen LogP contribution < -0.4 is 10.2 Å². The molecule has 126 valence electrons. The number of pyridine rings is 1. The molecule has 6 nitrogen and oxygen atoms in total. The molecule has 6 heteroatoms. The number of amides is 1. The van der Waals surface area contributed by atoms with Crippen molar-refractivity contribution >= 4 is 11.6 Å². The van der Waals surface area contributed by atoms with Gasteiger partial charge in [-0.3, -0.25) is 9.78 Å². The van der Waals surface area contributed by atoms with E-state index in [1.807, 2.05) is 12.1 Å². The highest BCUT2D eigenvalue weighted by molar-refractivity contribution is 5.93. The fraction of sp³-hybridized carbons (Fsp3) is 0.647. The molecule has 0 spiro atoms. The second-order valence-electron chi connectivity index (χ2n) is 6.44. The Hall–Kier alpha value is -1.66. The van der Waals surface area contributed by atoms with Gasteiger partial charge in [-0.2, -0.15) is 0 Å². The summed E-state index contributed by atoms with van der Waals surface area (Å²) in [5, 5.41) is 2.97. The molecule has 3 heterocycles. The van der Waals surface area contributed by atoms with Gasteiger partial charge < -0.3 is 19.7 Å². The van der Waals surface area contributed by atoms with Crippen molar-refractivity contribution < 1.29 is 14.3 Å². The van der Waals surface area contributed by atoms with Gasteiger partial charge in [0.05, 0.1) is 18.8 Å². The van der Waals surface area contributed by atoms with Crippen molar-refractivity contribution in [1.82, 2.24) is 10.3 Å². The first kappa shape index (κ1) is 16.2. The number of rotatable bonds is 4. The van der Waals surface area contributed by atoms with E-state index in [4.69, 9.17) is 9.47 Å². The molecule has 0 saturated carbocycles. The van der Waals surface area contributed by atoms with Gasteiger partial charge in [-0.15, -0.1) is 0 Å². The van der Waals surface area contributed by atoms with Crippen molar-refractivity contribution in [2.45, 2.75) is 31.8 Å². The molecule has 1 aromatic rings. The van der Waals surface area contributed by atoms with Crippen LogP contribution in [0.1, 0.15) is 36.7 Å². The Bertz CT molecular complexity index is 538. The Morgan fingerprint density at radius 1 is 1.35 bits per heavy atom. The molecule has 0 radical (unpaired) electrons. The standard InChI is InChI=1S/C17H25N3O3/c1-17(5-2-3-9-23-17)13-19-16(21)15-12-14(4-6-18-15)20-7-10-22-11-8-20/h4,6,12H,2-3,5,7-11,13H2,1H3,(H,19,21). The fourth-order valence-electron chi connectivity index (χ4n) is 3.05. The molecule has 1 amide bonds. The summed E-state index contributed by atoms with van der Waals surface area (Å²) in [7, 11) is 0. The minimum absolute atomic E-state index is 0.143. The Balaban J connectivity index is 1.60. The minimum atomic E-state index is -0.254. The smallest absolute Gasteiger partial charge is 0.270 e. The first-order chi connectivity index (χ1) is 11.2. The van der Waals surface area contributed by atoms with E-state index in [9.17, 15) is 4.79 Å². The van der Waals surface area contributed by atoms with Crippen LogP contribution in [0.5, 0.6) is 0 Å². The molecular formula is C17H25N3O3. The Kier molecular flexibility index (Phi) is 5.13. The summed E-state index contributed by atoms with van der Waals surface area (Å²) in [6.07, 6.45) is 4.93. The Morgan fingerprint density at radius 3 is 2.91 bits per heavy atom. The average molecular weight is 319 g/mol. The molecular weight excluding hydrogens is 294 g/mol. The highest BCUT2D eigenvalue weighted by atomic mass is 16.5. The first-order valence-electron chi connectivity index (χ1n) is 8.37. The lowest BCUT2D eigenvalue weighted by atomic mass is 9.96. The number of anilines is 1. The normalized spacial score (nSPS) is 25.2. The van der Waals surface area contributed by atoms with Crippen LogP contribution >= 0.6 is 0 Å². The SMILES string of the molecule is CC1(CNC(=O)c2cc(N3CCOCC3)ccn2)CCCCO1. The predicted octanol–water partition coefficient (Wildman–Crippen LogP) is 1.61. The maximum Gasteiger partial charge on any atom is 0.270 e. The molecule has 1 aromatic heterocycles. The van der Waals surface area contributed by atoms with Gasteiger partial charge in [0.2, 0.25) is 0 Å². The zero-order valence-electron chi connectivity index (χ0n) is 13.7. The molecule has 2 aliphatic heterocycles. The largest absolute Gasteiger partial charge is 0.378 e. The van der Waals surface area contributed by atoms with Crippen molar-refractivity contribution in [1.29, 1.82) is 0 Å². The van der Waals surface area contributed by atoms with Crippen molar-refractivity contribution in [3.63, 3.8) is 0 Å².